The van der Waals surface area contributed by atoms with Gasteiger partial charge < -0.3 is 19.5 Å². The first kappa shape index (κ1) is 49.0. The molecular weight excluding hydrogens is 671 g/mol. The van der Waals surface area contributed by atoms with Crippen molar-refractivity contribution in [1.82, 2.24) is 5.32 Å². The van der Waals surface area contributed by atoms with Gasteiger partial charge >= 0.3 is 11.9 Å². The van der Waals surface area contributed by atoms with Crippen molar-refractivity contribution in [2.75, 3.05) is 26.4 Å². The van der Waals surface area contributed by atoms with Crippen LogP contribution in [0, 0.1) is 17.3 Å². The molecule has 0 bridgehead atoms. The van der Waals surface area contributed by atoms with Gasteiger partial charge in [0.25, 0.3) is 0 Å². The predicted molar refractivity (Wildman–Crippen MR) is 230 cm³/mol. The van der Waals surface area contributed by atoms with Gasteiger partial charge in [-0.15, -0.1) is 0 Å². The fourth-order valence-corrected chi connectivity index (χ4v) is 9.00. The Hall–Kier alpha value is -1.14. The molecule has 6 nitrogen and oxygen atoms in total. The molecule has 0 aromatic heterocycles. The Morgan fingerprint density at radius 1 is 0.537 bits per heavy atom. The van der Waals surface area contributed by atoms with Gasteiger partial charge in [-0.25, -0.2) is 0 Å². The van der Waals surface area contributed by atoms with Gasteiger partial charge in [0.05, 0.1) is 26.4 Å². The van der Waals surface area contributed by atoms with Crippen molar-refractivity contribution in [3.05, 3.63) is 0 Å². The smallest absolute Gasteiger partial charge is 0.305 e. The van der Waals surface area contributed by atoms with Crippen LogP contribution < -0.4 is 5.32 Å². The Bertz CT molecular complexity index is 870. The summed E-state index contributed by atoms with van der Waals surface area (Å²) in [6.45, 7) is 12.2. The van der Waals surface area contributed by atoms with Gasteiger partial charge in [-0.3, -0.25) is 9.59 Å². The van der Waals surface area contributed by atoms with E-state index in [0.29, 0.717) is 49.5 Å². The zero-order valence-corrected chi connectivity index (χ0v) is 36.5. The van der Waals surface area contributed by atoms with Crippen LogP contribution in [0.3, 0.4) is 0 Å². The second-order valence-corrected chi connectivity index (χ2v) is 18.0. The highest BCUT2D eigenvalue weighted by Crippen LogP contribution is 2.47. The molecule has 1 saturated carbocycles. The zero-order valence-electron chi connectivity index (χ0n) is 36.5. The molecular formula is C48H93NO5. The Morgan fingerprint density at radius 2 is 0.907 bits per heavy atom. The first-order valence-electron chi connectivity index (χ1n) is 24.1. The number of ether oxygens (including phenoxy) is 3. The maximum absolute atomic E-state index is 12.6. The van der Waals surface area contributed by atoms with Gasteiger partial charge in [-0.1, -0.05) is 175 Å². The lowest BCUT2D eigenvalue weighted by atomic mass is 9.64. The van der Waals surface area contributed by atoms with E-state index in [1.54, 1.807) is 0 Å². The van der Waals surface area contributed by atoms with Gasteiger partial charge in [-0.05, 0) is 63.2 Å². The molecule has 0 aromatic rings. The third kappa shape index (κ3) is 24.5. The van der Waals surface area contributed by atoms with Crippen LogP contribution in [0.4, 0.5) is 0 Å². The van der Waals surface area contributed by atoms with Gasteiger partial charge in [-0.2, -0.15) is 0 Å². The number of carbonyl (C=O) groups excluding carboxylic acids is 2. The van der Waals surface area contributed by atoms with E-state index in [0.717, 1.165) is 64.1 Å². The van der Waals surface area contributed by atoms with Crippen molar-refractivity contribution in [3.8, 4) is 0 Å². The summed E-state index contributed by atoms with van der Waals surface area (Å²) in [5, 5.41) is 4.01. The summed E-state index contributed by atoms with van der Waals surface area (Å²) in [7, 11) is 0. The average molecular weight is 764 g/mol. The number of nitrogens with one attached hydrogen (secondary N) is 1. The van der Waals surface area contributed by atoms with Crippen molar-refractivity contribution in [2.45, 2.75) is 252 Å². The maximum Gasteiger partial charge on any atom is 0.305 e. The van der Waals surface area contributed by atoms with Crippen molar-refractivity contribution in [3.63, 3.8) is 0 Å². The van der Waals surface area contributed by atoms with Crippen molar-refractivity contribution >= 4 is 11.9 Å². The number of carbonyl (C=O) groups is 2. The monoisotopic (exact) mass is 764 g/mol. The standard InChI is InChI=1S/C48H91NO5.H2/c1-5-9-18-26-42(27-19-10-6-2)34-36-53-46(50)32-23-17-15-13-14-16-22-30-44(49-45-38-48(39-45)40-52-41-48)31-24-25-33-47(51)54-37-35-43(28-20-11-7-3)29-21-12-8-4;/h42-45,49H,5-41H2,1-4H3;1H. The highest BCUT2D eigenvalue weighted by molar-refractivity contribution is 5.69. The van der Waals surface area contributed by atoms with Crippen molar-refractivity contribution < 1.29 is 25.2 Å². The van der Waals surface area contributed by atoms with Crippen LogP contribution in [0.15, 0.2) is 0 Å². The molecule has 2 rings (SSSR count). The number of esters is 2. The molecule has 1 aliphatic heterocycles. The summed E-state index contributed by atoms with van der Waals surface area (Å²) in [4.78, 5) is 24.9. The molecule has 1 atom stereocenters. The normalized spacial score (nSPS) is 15.8. The molecule has 0 aromatic carbocycles. The molecule has 0 amide bonds. The number of hydrogen-bond acceptors (Lipinski definition) is 6. The minimum absolute atomic E-state index is 0. The summed E-state index contributed by atoms with van der Waals surface area (Å²) >= 11 is 0. The largest absolute Gasteiger partial charge is 0.466 e. The van der Waals surface area contributed by atoms with Crippen LogP contribution in [0.2, 0.25) is 0 Å². The molecule has 1 N–H and O–H groups in total. The molecule has 320 valence electrons. The average Bonchev–Trinajstić information content (AvgIpc) is 3.12. The summed E-state index contributed by atoms with van der Waals surface area (Å²) in [5.74, 6) is 1.44. The molecule has 54 heavy (non-hydrogen) atoms. The molecule has 1 aliphatic carbocycles. The summed E-state index contributed by atoms with van der Waals surface area (Å²) in [6.07, 6.45) is 39.3. The summed E-state index contributed by atoms with van der Waals surface area (Å²) in [5.41, 5.74) is 0.485. The van der Waals surface area contributed by atoms with Crippen LogP contribution in [0.5, 0.6) is 0 Å². The van der Waals surface area contributed by atoms with E-state index in [4.69, 9.17) is 14.2 Å². The third-order valence-electron chi connectivity index (χ3n) is 12.7. The third-order valence-corrected chi connectivity index (χ3v) is 12.7. The minimum Gasteiger partial charge on any atom is -0.466 e. The Balaban J connectivity index is 0.0000151. The van der Waals surface area contributed by atoms with Crippen molar-refractivity contribution in [1.29, 1.82) is 0 Å². The second kappa shape index (κ2) is 32.9. The van der Waals surface area contributed by atoms with Crippen molar-refractivity contribution in [2.24, 2.45) is 17.3 Å². The molecule has 2 aliphatic rings. The Labute approximate surface area is 337 Å². The molecule has 1 unspecified atom stereocenters. The van der Waals surface area contributed by atoms with Gasteiger partial charge in [0.15, 0.2) is 0 Å². The first-order chi connectivity index (χ1) is 26.4. The lowest BCUT2D eigenvalue weighted by Gasteiger charge is -2.54. The zero-order chi connectivity index (χ0) is 39.0. The minimum atomic E-state index is 0. The fourth-order valence-electron chi connectivity index (χ4n) is 9.00. The van der Waals surface area contributed by atoms with Crippen LogP contribution in [-0.2, 0) is 23.8 Å². The van der Waals surface area contributed by atoms with Crippen LogP contribution in [-0.4, -0.2) is 50.4 Å². The molecule has 1 spiro atoms. The van der Waals surface area contributed by atoms with E-state index < -0.39 is 0 Å². The second-order valence-electron chi connectivity index (χ2n) is 18.0. The van der Waals surface area contributed by atoms with Gasteiger partial charge in [0.1, 0.15) is 0 Å². The van der Waals surface area contributed by atoms with Gasteiger partial charge in [0.2, 0.25) is 0 Å². The van der Waals surface area contributed by atoms with E-state index in [1.165, 1.54) is 154 Å². The molecule has 0 radical (unpaired) electrons. The fraction of sp³-hybridized carbons (Fsp3) is 0.958. The van der Waals surface area contributed by atoms with Gasteiger partial charge in [0, 0.05) is 31.8 Å². The highest BCUT2D eigenvalue weighted by Gasteiger charge is 2.49. The molecule has 6 heteroatoms. The summed E-state index contributed by atoms with van der Waals surface area (Å²) < 4.78 is 16.9. The molecule has 2 fully saturated rings. The maximum atomic E-state index is 12.6. The Kier molecular flexibility index (Phi) is 29.9. The van der Waals surface area contributed by atoms with E-state index in [9.17, 15) is 9.59 Å². The quantitative estimate of drug-likeness (QED) is 0.0496. The van der Waals surface area contributed by atoms with E-state index in [1.807, 2.05) is 0 Å². The van der Waals surface area contributed by atoms with E-state index in [2.05, 4.69) is 33.0 Å². The first-order valence-corrected chi connectivity index (χ1v) is 24.1. The van der Waals surface area contributed by atoms with E-state index >= 15 is 0 Å². The summed E-state index contributed by atoms with van der Waals surface area (Å²) in [6, 6.07) is 1.18. The number of rotatable bonds is 39. The lowest BCUT2D eigenvalue weighted by Crippen LogP contribution is -2.60. The number of hydrogen-bond donors (Lipinski definition) is 1. The van der Waals surface area contributed by atoms with E-state index in [-0.39, 0.29) is 13.4 Å². The molecule has 1 heterocycles. The predicted octanol–water partition coefficient (Wildman–Crippen LogP) is 13.9. The lowest BCUT2D eigenvalue weighted by molar-refractivity contribution is -0.168. The number of unbranched alkanes of at least 4 members (excludes halogenated alkanes) is 15. The van der Waals surface area contributed by atoms with Crippen LogP contribution >= 0.6 is 0 Å². The van der Waals surface area contributed by atoms with Crippen LogP contribution in [0.1, 0.15) is 241 Å². The molecule has 1 saturated heterocycles. The Morgan fingerprint density at radius 3 is 1.31 bits per heavy atom. The topological polar surface area (TPSA) is 73.9 Å². The van der Waals surface area contributed by atoms with Crippen LogP contribution in [0.25, 0.3) is 0 Å². The SMILES string of the molecule is CCCCCC(CCCCC)CCOC(=O)CCCCCCCCCC(CCCCC(=O)OCCC(CCCCC)CCCCC)NC1CC2(COC2)C1.[HH]. The highest BCUT2D eigenvalue weighted by atomic mass is 16.5.